The quantitative estimate of drug-likeness (QED) is 0.357. The third kappa shape index (κ3) is 6.97. The van der Waals surface area contributed by atoms with E-state index in [4.69, 9.17) is 11.6 Å². The largest absolute Gasteiger partial charge is 0.340 e. The summed E-state index contributed by atoms with van der Waals surface area (Å²) in [6.45, 7) is 7.64. The van der Waals surface area contributed by atoms with Crippen molar-refractivity contribution in [3.8, 4) is 0 Å². The van der Waals surface area contributed by atoms with Crippen molar-refractivity contribution in [3.05, 3.63) is 47.5 Å². The molecular weight excluding hydrogens is 404 g/mol. The second-order valence-corrected chi connectivity index (χ2v) is 8.81. The van der Waals surface area contributed by atoms with Crippen LogP contribution in [-0.2, 0) is 4.79 Å². The zero-order valence-electron chi connectivity index (χ0n) is 15.1. The van der Waals surface area contributed by atoms with E-state index in [1.807, 2.05) is 13.8 Å². The summed E-state index contributed by atoms with van der Waals surface area (Å²) in [6, 6.07) is 5.84. The smallest absolute Gasteiger partial charge is 0.251 e. The van der Waals surface area contributed by atoms with E-state index in [-0.39, 0.29) is 17.7 Å². The predicted octanol–water partition coefficient (Wildman–Crippen LogP) is 4.25. The van der Waals surface area contributed by atoms with Gasteiger partial charge in [-0.1, -0.05) is 54.6 Å². The summed E-state index contributed by atoms with van der Waals surface area (Å²) in [7, 11) is 0. The fourth-order valence-corrected chi connectivity index (χ4v) is 3.83. The van der Waals surface area contributed by atoms with Crippen molar-refractivity contribution < 1.29 is 9.59 Å². The summed E-state index contributed by atoms with van der Waals surface area (Å²) in [5, 5.41) is 14.5. The van der Waals surface area contributed by atoms with Crippen molar-refractivity contribution in [2.24, 2.45) is 5.92 Å². The Morgan fingerprint density at radius 1 is 1.30 bits per heavy atom. The van der Waals surface area contributed by atoms with Crippen molar-refractivity contribution in [2.75, 3.05) is 11.1 Å². The van der Waals surface area contributed by atoms with Crippen molar-refractivity contribution in [2.45, 2.75) is 30.6 Å². The van der Waals surface area contributed by atoms with Gasteiger partial charge in [-0.15, -0.1) is 16.8 Å². The Kier molecular flexibility index (Phi) is 8.27. The molecule has 2 aromatic rings. The molecule has 0 radical (unpaired) electrons. The van der Waals surface area contributed by atoms with E-state index < -0.39 is 6.04 Å². The second kappa shape index (κ2) is 10.4. The Bertz CT molecular complexity index is 793. The fourth-order valence-electron chi connectivity index (χ4n) is 2.19. The van der Waals surface area contributed by atoms with Crippen LogP contribution in [-0.4, -0.2) is 33.8 Å². The molecule has 1 aromatic heterocycles. The Morgan fingerprint density at radius 2 is 2.00 bits per heavy atom. The first-order valence-corrected chi connectivity index (χ1v) is 10.5. The molecule has 0 spiro atoms. The van der Waals surface area contributed by atoms with E-state index >= 15 is 0 Å². The Hall–Kier alpha value is -1.90. The number of carbonyl (C=O) groups excluding carboxylic acids is 2. The molecule has 0 unspecified atom stereocenters. The lowest BCUT2D eigenvalue weighted by Crippen LogP contribution is -2.44. The maximum Gasteiger partial charge on any atom is 0.251 e. The molecule has 2 N–H and O–H groups in total. The van der Waals surface area contributed by atoms with Gasteiger partial charge in [0.25, 0.3) is 5.91 Å². The molecule has 0 aliphatic rings. The number of thioether (sulfide) groups is 1. The van der Waals surface area contributed by atoms with Gasteiger partial charge in [-0.25, -0.2) is 0 Å². The van der Waals surface area contributed by atoms with Crippen LogP contribution in [0.1, 0.15) is 30.6 Å². The molecule has 2 rings (SSSR count). The van der Waals surface area contributed by atoms with Gasteiger partial charge in [-0.05, 0) is 36.6 Å². The summed E-state index contributed by atoms with van der Waals surface area (Å²) in [5.74, 6) is 0.296. The minimum absolute atomic E-state index is 0.222. The number of hydrogen-bond donors (Lipinski definition) is 2. The molecule has 0 saturated carbocycles. The van der Waals surface area contributed by atoms with Crippen LogP contribution in [0.5, 0.6) is 0 Å². The minimum atomic E-state index is -0.679. The predicted molar refractivity (Wildman–Crippen MR) is 112 cm³/mol. The molecule has 1 aromatic carbocycles. The number of nitrogens with one attached hydrogen (secondary N) is 2. The maximum atomic E-state index is 12.7. The third-order valence-electron chi connectivity index (χ3n) is 3.40. The normalized spacial score (nSPS) is 11.9. The van der Waals surface area contributed by atoms with Crippen LogP contribution in [0.25, 0.3) is 0 Å². The Morgan fingerprint density at radius 3 is 2.63 bits per heavy atom. The number of rotatable bonds is 9. The maximum absolute atomic E-state index is 12.7. The van der Waals surface area contributed by atoms with Crippen LogP contribution < -0.4 is 10.6 Å². The monoisotopic (exact) mass is 424 g/mol. The van der Waals surface area contributed by atoms with Crippen molar-refractivity contribution in [1.82, 2.24) is 15.5 Å². The molecule has 9 heteroatoms. The summed E-state index contributed by atoms with van der Waals surface area (Å²) in [6.07, 6.45) is 2.28. The molecule has 0 aliphatic heterocycles. The van der Waals surface area contributed by atoms with Gasteiger partial charge >= 0.3 is 0 Å². The molecule has 0 saturated heterocycles. The molecule has 144 valence electrons. The van der Waals surface area contributed by atoms with Crippen LogP contribution in [0.4, 0.5) is 5.13 Å². The van der Waals surface area contributed by atoms with Gasteiger partial charge in [0.15, 0.2) is 4.34 Å². The molecule has 1 heterocycles. The van der Waals surface area contributed by atoms with Crippen molar-refractivity contribution in [3.63, 3.8) is 0 Å². The highest BCUT2D eigenvalue weighted by atomic mass is 35.5. The summed E-state index contributed by atoms with van der Waals surface area (Å²) in [5.41, 5.74) is 0.444. The molecule has 2 amide bonds. The van der Waals surface area contributed by atoms with Gasteiger partial charge in [0.2, 0.25) is 11.0 Å². The molecular formula is C18H21ClN4O2S2. The number of benzene rings is 1. The van der Waals surface area contributed by atoms with Crippen LogP contribution in [0.2, 0.25) is 5.02 Å². The van der Waals surface area contributed by atoms with Gasteiger partial charge in [-0.2, -0.15) is 0 Å². The minimum Gasteiger partial charge on any atom is -0.340 e. The van der Waals surface area contributed by atoms with E-state index in [1.165, 1.54) is 23.1 Å². The molecule has 1 atom stereocenters. The first-order chi connectivity index (χ1) is 12.9. The topological polar surface area (TPSA) is 84.0 Å². The fraction of sp³-hybridized carbons (Fsp3) is 0.333. The number of amides is 2. The summed E-state index contributed by atoms with van der Waals surface area (Å²) in [4.78, 5) is 25.1. The van der Waals surface area contributed by atoms with Crippen LogP contribution >= 0.6 is 34.7 Å². The number of aromatic nitrogens is 2. The molecule has 27 heavy (non-hydrogen) atoms. The van der Waals surface area contributed by atoms with Gasteiger partial charge in [0, 0.05) is 16.3 Å². The zero-order chi connectivity index (χ0) is 19.8. The van der Waals surface area contributed by atoms with Gasteiger partial charge in [0.05, 0.1) is 0 Å². The number of carbonyl (C=O) groups is 2. The first-order valence-electron chi connectivity index (χ1n) is 8.33. The van der Waals surface area contributed by atoms with E-state index in [1.54, 1.807) is 30.3 Å². The second-order valence-electron chi connectivity index (χ2n) is 6.12. The molecule has 0 fully saturated rings. The number of hydrogen-bond acceptors (Lipinski definition) is 6. The first kappa shape index (κ1) is 21.4. The lowest BCUT2D eigenvalue weighted by molar-refractivity contribution is -0.118. The molecule has 0 aliphatic carbocycles. The van der Waals surface area contributed by atoms with E-state index in [9.17, 15) is 9.59 Å². The van der Waals surface area contributed by atoms with Gasteiger partial charge in [-0.3, -0.25) is 14.9 Å². The Balaban J connectivity index is 2.04. The highest BCUT2D eigenvalue weighted by molar-refractivity contribution is 8.01. The third-order valence-corrected chi connectivity index (χ3v) is 5.62. The number of nitrogens with zero attached hydrogens (tertiary/aromatic N) is 2. The van der Waals surface area contributed by atoms with Crippen molar-refractivity contribution in [1.29, 1.82) is 0 Å². The number of halogens is 1. The molecule has 0 bridgehead atoms. The number of anilines is 1. The highest BCUT2D eigenvalue weighted by Gasteiger charge is 2.23. The Labute approximate surface area is 171 Å². The van der Waals surface area contributed by atoms with E-state index in [0.29, 0.717) is 22.1 Å². The summed E-state index contributed by atoms with van der Waals surface area (Å²) >= 11 is 8.63. The van der Waals surface area contributed by atoms with Gasteiger partial charge in [0.1, 0.15) is 6.04 Å². The van der Waals surface area contributed by atoms with Crippen molar-refractivity contribution >= 4 is 51.6 Å². The standard InChI is InChI=1S/C18H21ClN4O2S2/c1-4-9-26-18-23-22-17(27-18)21-16(25)14(10-11(2)3)20-15(24)12-5-7-13(19)8-6-12/h4-8,11,14H,1,9-10H2,2-3H3,(H,20,24)(H,21,22,25)/t14-/m1/s1. The van der Waals surface area contributed by atoms with Gasteiger partial charge < -0.3 is 5.32 Å². The lowest BCUT2D eigenvalue weighted by atomic mass is 10.0. The average molecular weight is 425 g/mol. The van der Waals surface area contributed by atoms with Crippen LogP contribution in [0, 0.1) is 5.92 Å². The summed E-state index contributed by atoms with van der Waals surface area (Å²) < 4.78 is 0.746. The van der Waals surface area contributed by atoms with E-state index in [2.05, 4.69) is 27.4 Å². The lowest BCUT2D eigenvalue weighted by Gasteiger charge is -2.19. The van der Waals surface area contributed by atoms with Crippen LogP contribution in [0.3, 0.4) is 0 Å². The zero-order valence-corrected chi connectivity index (χ0v) is 17.5. The average Bonchev–Trinajstić information content (AvgIpc) is 3.06. The van der Waals surface area contributed by atoms with Crippen LogP contribution in [0.15, 0.2) is 41.3 Å². The highest BCUT2D eigenvalue weighted by Crippen LogP contribution is 2.25. The SMILES string of the molecule is C=CCSc1nnc(NC(=O)[C@@H](CC(C)C)NC(=O)c2ccc(Cl)cc2)s1. The molecule has 6 nitrogen and oxygen atoms in total. The van der Waals surface area contributed by atoms with E-state index in [0.717, 1.165) is 10.1 Å².